The molecule has 0 aliphatic carbocycles. The standard InChI is InChI=1S/C18H26O4/c1-19-16-11-10-15(17(14-16)20-2)8-4-3-6-12-21-18-9-5-7-13-22-18/h4,8,10-11,14,18H,3,5-7,9,12-13H2,1-2H3. The van der Waals surface area contributed by atoms with Crippen molar-refractivity contribution >= 4 is 6.08 Å². The van der Waals surface area contributed by atoms with E-state index in [9.17, 15) is 0 Å². The van der Waals surface area contributed by atoms with Gasteiger partial charge in [0.15, 0.2) is 6.29 Å². The molecule has 0 radical (unpaired) electrons. The maximum atomic E-state index is 5.71. The fourth-order valence-electron chi connectivity index (χ4n) is 2.43. The van der Waals surface area contributed by atoms with Gasteiger partial charge in [-0.05, 0) is 44.2 Å². The maximum Gasteiger partial charge on any atom is 0.157 e. The molecule has 0 bridgehead atoms. The lowest BCUT2D eigenvalue weighted by Crippen LogP contribution is -2.22. The van der Waals surface area contributed by atoms with Gasteiger partial charge in [-0.1, -0.05) is 12.2 Å². The molecule has 0 N–H and O–H groups in total. The van der Waals surface area contributed by atoms with E-state index in [2.05, 4.69) is 12.2 Å². The normalized spacial score (nSPS) is 18.5. The van der Waals surface area contributed by atoms with Gasteiger partial charge in [0.2, 0.25) is 0 Å². The molecule has 1 saturated heterocycles. The maximum absolute atomic E-state index is 5.71. The highest BCUT2D eigenvalue weighted by atomic mass is 16.7. The van der Waals surface area contributed by atoms with Crippen molar-refractivity contribution in [2.24, 2.45) is 0 Å². The summed E-state index contributed by atoms with van der Waals surface area (Å²) >= 11 is 0. The summed E-state index contributed by atoms with van der Waals surface area (Å²) in [7, 11) is 3.32. The Hall–Kier alpha value is -1.52. The smallest absolute Gasteiger partial charge is 0.157 e. The minimum absolute atomic E-state index is 0.0133. The van der Waals surface area contributed by atoms with Crippen LogP contribution in [0.4, 0.5) is 0 Å². The molecule has 1 heterocycles. The van der Waals surface area contributed by atoms with E-state index in [1.807, 2.05) is 18.2 Å². The number of methoxy groups -OCH3 is 2. The lowest BCUT2D eigenvalue weighted by atomic mass is 10.1. The van der Waals surface area contributed by atoms with Crippen LogP contribution in [-0.4, -0.2) is 33.7 Å². The Morgan fingerprint density at radius 1 is 1.23 bits per heavy atom. The summed E-state index contributed by atoms with van der Waals surface area (Å²) in [5, 5.41) is 0. The average molecular weight is 306 g/mol. The predicted octanol–water partition coefficient (Wildman–Crippen LogP) is 4.04. The summed E-state index contributed by atoms with van der Waals surface area (Å²) in [6, 6.07) is 5.83. The first-order valence-corrected chi connectivity index (χ1v) is 7.95. The Morgan fingerprint density at radius 2 is 2.14 bits per heavy atom. The number of allylic oxidation sites excluding steroid dienone is 1. The predicted molar refractivity (Wildman–Crippen MR) is 87.4 cm³/mol. The van der Waals surface area contributed by atoms with Crippen LogP contribution in [0.5, 0.6) is 11.5 Å². The van der Waals surface area contributed by atoms with E-state index < -0.39 is 0 Å². The quantitative estimate of drug-likeness (QED) is 0.679. The SMILES string of the molecule is COc1ccc(C=CCCCOC2CCCCO2)c(OC)c1. The van der Waals surface area contributed by atoms with Gasteiger partial charge in [-0.3, -0.25) is 0 Å². The third-order valence-electron chi connectivity index (χ3n) is 3.69. The molecule has 0 saturated carbocycles. The van der Waals surface area contributed by atoms with Gasteiger partial charge in [-0.15, -0.1) is 0 Å². The van der Waals surface area contributed by atoms with E-state index in [0.717, 1.165) is 56.0 Å². The Balaban J connectivity index is 1.70. The third kappa shape index (κ3) is 5.35. The van der Waals surface area contributed by atoms with Gasteiger partial charge < -0.3 is 18.9 Å². The van der Waals surface area contributed by atoms with Crippen LogP contribution in [0.25, 0.3) is 6.08 Å². The highest BCUT2D eigenvalue weighted by Gasteiger charge is 2.13. The van der Waals surface area contributed by atoms with Crippen molar-refractivity contribution in [3.8, 4) is 11.5 Å². The van der Waals surface area contributed by atoms with Gasteiger partial charge in [-0.25, -0.2) is 0 Å². The zero-order chi connectivity index (χ0) is 15.6. The van der Waals surface area contributed by atoms with Crippen molar-refractivity contribution in [3.63, 3.8) is 0 Å². The summed E-state index contributed by atoms with van der Waals surface area (Å²) in [5.41, 5.74) is 1.06. The molecule has 4 heteroatoms. The number of benzene rings is 1. The van der Waals surface area contributed by atoms with Gasteiger partial charge in [0.25, 0.3) is 0 Å². The van der Waals surface area contributed by atoms with Crippen LogP contribution in [0.2, 0.25) is 0 Å². The molecular formula is C18H26O4. The topological polar surface area (TPSA) is 36.9 Å². The first kappa shape index (κ1) is 16.8. The molecule has 1 unspecified atom stereocenters. The van der Waals surface area contributed by atoms with Crippen molar-refractivity contribution in [1.82, 2.24) is 0 Å². The summed E-state index contributed by atoms with van der Waals surface area (Å²) in [4.78, 5) is 0. The zero-order valence-electron chi connectivity index (χ0n) is 13.5. The van der Waals surface area contributed by atoms with Gasteiger partial charge in [0, 0.05) is 18.2 Å². The molecule has 0 amide bonds. The van der Waals surface area contributed by atoms with E-state index >= 15 is 0 Å². The monoisotopic (exact) mass is 306 g/mol. The number of hydrogen-bond acceptors (Lipinski definition) is 4. The van der Waals surface area contributed by atoms with Crippen molar-refractivity contribution in [2.45, 2.75) is 38.4 Å². The third-order valence-corrected chi connectivity index (χ3v) is 3.69. The number of unbranched alkanes of at least 4 members (excludes halogenated alkanes) is 1. The Bertz CT molecular complexity index is 464. The first-order chi connectivity index (χ1) is 10.8. The van der Waals surface area contributed by atoms with E-state index in [-0.39, 0.29) is 6.29 Å². The van der Waals surface area contributed by atoms with Gasteiger partial charge >= 0.3 is 0 Å². The minimum atomic E-state index is 0.0133. The molecule has 22 heavy (non-hydrogen) atoms. The van der Waals surface area contributed by atoms with Crippen LogP contribution < -0.4 is 9.47 Å². The Labute approximate surface area is 133 Å². The molecule has 0 spiro atoms. The minimum Gasteiger partial charge on any atom is -0.497 e. The van der Waals surface area contributed by atoms with Crippen LogP contribution in [0, 0.1) is 0 Å². The second kappa shape index (κ2) is 9.49. The molecular weight excluding hydrogens is 280 g/mol. The summed E-state index contributed by atoms with van der Waals surface area (Å²) in [6.07, 6.45) is 9.61. The molecule has 0 aromatic heterocycles. The summed E-state index contributed by atoms with van der Waals surface area (Å²) in [5.74, 6) is 1.62. The lowest BCUT2D eigenvalue weighted by molar-refractivity contribution is -0.162. The largest absolute Gasteiger partial charge is 0.497 e. The van der Waals surface area contributed by atoms with E-state index in [1.54, 1.807) is 14.2 Å². The van der Waals surface area contributed by atoms with Crippen molar-refractivity contribution in [2.75, 3.05) is 27.4 Å². The molecule has 1 aromatic rings. The second-order valence-corrected chi connectivity index (χ2v) is 5.32. The molecule has 4 nitrogen and oxygen atoms in total. The van der Waals surface area contributed by atoms with Crippen LogP contribution in [-0.2, 0) is 9.47 Å². The van der Waals surface area contributed by atoms with Crippen LogP contribution in [0.3, 0.4) is 0 Å². The van der Waals surface area contributed by atoms with E-state index in [4.69, 9.17) is 18.9 Å². The van der Waals surface area contributed by atoms with Crippen molar-refractivity contribution in [3.05, 3.63) is 29.8 Å². The highest BCUT2D eigenvalue weighted by Crippen LogP contribution is 2.25. The van der Waals surface area contributed by atoms with E-state index in [1.165, 1.54) is 6.42 Å². The Morgan fingerprint density at radius 3 is 2.86 bits per heavy atom. The fraction of sp³-hybridized carbons (Fsp3) is 0.556. The van der Waals surface area contributed by atoms with Crippen LogP contribution in [0.1, 0.15) is 37.7 Å². The fourth-order valence-corrected chi connectivity index (χ4v) is 2.43. The Kier molecular flexibility index (Phi) is 7.26. The number of ether oxygens (including phenoxy) is 4. The van der Waals surface area contributed by atoms with Crippen molar-refractivity contribution in [1.29, 1.82) is 0 Å². The van der Waals surface area contributed by atoms with Gasteiger partial charge in [-0.2, -0.15) is 0 Å². The van der Waals surface area contributed by atoms with E-state index in [0.29, 0.717) is 0 Å². The average Bonchev–Trinajstić information content (AvgIpc) is 2.59. The molecule has 1 aromatic carbocycles. The number of hydrogen-bond donors (Lipinski definition) is 0. The first-order valence-electron chi connectivity index (χ1n) is 7.95. The van der Waals surface area contributed by atoms with Gasteiger partial charge in [0.05, 0.1) is 20.8 Å². The number of rotatable bonds is 8. The molecule has 122 valence electrons. The molecule has 1 fully saturated rings. The van der Waals surface area contributed by atoms with Crippen LogP contribution in [0.15, 0.2) is 24.3 Å². The molecule has 1 atom stereocenters. The second-order valence-electron chi connectivity index (χ2n) is 5.32. The summed E-state index contributed by atoms with van der Waals surface area (Å²) < 4.78 is 21.8. The van der Waals surface area contributed by atoms with Crippen molar-refractivity contribution < 1.29 is 18.9 Å². The summed E-state index contributed by atoms with van der Waals surface area (Å²) in [6.45, 7) is 1.58. The van der Waals surface area contributed by atoms with Crippen LogP contribution >= 0.6 is 0 Å². The molecule has 2 rings (SSSR count). The highest BCUT2D eigenvalue weighted by molar-refractivity contribution is 5.59. The van der Waals surface area contributed by atoms with Gasteiger partial charge in [0.1, 0.15) is 11.5 Å². The zero-order valence-corrected chi connectivity index (χ0v) is 13.5. The molecule has 1 aliphatic heterocycles. The molecule has 1 aliphatic rings. The lowest BCUT2D eigenvalue weighted by Gasteiger charge is -2.22.